The molecule has 3 rings (SSSR count). The van der Waals surface area contributed by atoms with Crippen molar-refractivity contribution < 1.29 is 9.53 Å². The van der Waals surface area contributed by atoms with E-state index >= 15 is 0 Å². The molecule has 0 fully saturated rings. The van der Waals surface area contributed by atoms with Crippen molar-refractivity contribution in [1.82, 2.24) is 0 Å². The smallest absolute Gasteiger partial charge is 0.319 e. The van der Waals surface area contributed by atoms with E-state index in [9.17, 15) is 0 Å². The van der Waals surface area contributed by atoms with Gasteiger partial charge in [-0.05, 0) is 52.0 Å². The molecule has 0 spiro atoms. The van der Waals surface area contributed by atoms with E-state index in [1.165, 1.54) is 15.9 Å². The lowest BCUT2D eigenvalue weighted by Crippen LogP contribution is -2.68. The summed E-state index contributed by atoms with van der Waals surface area (Å²) in [5.74, 6) is 0.892. The van der Waals surface area contributed by atoms with Crippen molar-refractivity contribution in [2.75, 3.05) is 6.61 Å². The Hall–Kier alpha value is -2.62. The number of hydrogen-bond donors (Lipinski definition) is 1. The van der Waals surface area contributed by atoms with Gasteiger partial charge in [0.2, 0.25) is 0 Å². The molecule has 0 heterocycles. The molecule has 156 valence electrons. The van der Waals surface area contributed by atoms with Crippen molar-refractivity contribution in [2.24, 2.45) is 0 Å². The van der Waals surface area contributed by atoms with Gasteiger partial charge in [0.1, 0.15) is 5.75 Å². The Bertz CT molecular complexity index is 916. The molecule has 0 bridgehead atoms. The van der Waals surface area contributed by atoms with E-state index in [2.05, 4.69) is 119 Å². The molecule has 1 N–H and O–H groups in total. The Morgan fingerprint density at radius 2 is 1.33 bits per heavy atom. The molecule has 3 aromatic rings. The summed E-state index contributed by atoms with van der Waals surface area (Å²) in [6.07, 6.45) is 2.74. The molecular weight excluding hydrogens is 384 g/mol. The fourth-order valence-electron chi connectivity index (χ4n) is 4.01. The summed E-state index contributed by atoms with van der Waals surface area (Å²) in [7, 11) is -2.60. The minimum Gasteiger partial charge on any atom is -0.534 e. The summed E-state index contributed by atoms with van der Waals surface area (Å²) in [6, 6.07) is 29.7. The molecule has 0 aliphatic heterocycles. The molecule has 3 aromatic carbocycles. The van der Waals surface area contributed by atoms with E-state index in [-0.39, 0.29) is 11.6 Å². The number of rotatable bonds is 7. The lowest BCUT2D eigenvalue weighted by Gasteiger charge is -2.43. The summed E-state index contributed by atoms with van der Waals surface area (Å²) >= 11 is 0. The zero-order chi connectivity index (χ0) is 21.6. The number of benzene rings is 3. The first kappa shape index (κ1) is 22.1. The molecule has 0 aliphatic carbocycles. The summed E-state index contributed by atoms with van der Waals surface area (Å²) in [6.45, 7) is 9.11. The van der Waals surface area contributed by atoms with Crippen LogP contribution in [-0.4, -0.2) is 20.0 Å². The molecule has 0 aromatic heterocycles. The third-order valence-electron chi connectivity index (χ3n) is 5.58. The van der Waals surface area contributed by atoms with Gasteiger partial charge in [0, 0.05) is 6.61 Å². The largest absolute Gasteiger partial charge is 0.534 e. The van der Waals surface area contributed by atoms with Gasteiger partial charge < -0.3 is 9.53 Å². The molecule has 0 saturated heterocycles. The van der Waals surface area contributed by atoms with Crippen molar-refractivity contribution in [3.8, 4) is 5.75 Å². The Kier molecular flexibility index (Phi) is 6.96. The third kappa shape index (κ3) is 4.58. The molecule has 0 saturated carbocycles. The number of aliphatic hydroxyl groups is 1. The van der Waals surface area contributed by atoms with Crippen molar-refractivity contribution in [2.45, 2.75) is 39.2 Å². The Morgan fingerprint density at radius 3 is 1.77 bits per heavy atom. The fraction of sp³-hybridized carbons (Fsp3) is 0.259. The second-order valence-corrected chi connectivity index (χ2v) is 12.9. The maximum Gasteiger partial charge on any atom is 0.319 e. The van der Waals surface area contributed by atoms with E-state index in [0.717, 1.165) is 11.3 Å². The zero-order valence-corrected chi connectivity index (χ0v) is 19.4. The summed E-state index contributed by atoms with van der Waals surface area (Å²) in [5, 5.41) is 11.5. The summed E-state index contributed by atoms with van der Waals surface area (Å²) in [4.78, 5) is 0. The van der Waals surface area contributed by atoms with Gasteiger partial charge in [-0.15, -0.1) is 0 Å². The van der Waals surface area contributed by atoms with Crippen LogP contribution in [0.3, 0.4) is 0 Å². The number of allylic oxidation sites excluding steroid dienone is 1. The topological polar surface area (TPSA) is 29.5 Å². The van der Waals surface area contributed by atoms with Crippen molar-refractivity contribution in [1.29, 1.82) is 0 Å². The van der Waals surface area contributed by atoms with E-state index < -0.39 is 8.32 Å². The predicted molar refractivity (Wildman–Crippen MR) is 130 cm³/mol. The highest BCUT2D eigenvalue weighted by atomic mass is 28.4. The first-order valence-corrected chi connectivity index (χ1v) is 12.5. The van der Waals surface area contributed by atoms with Gasteiger partial charge in [-0.1, -0.05) is 99.6 Å². The van der Waals surface area contributed by atoms with Crippen LogP contribution in [0.15, 0.2) is 91.0 Å². The van der Waals surface area contributed by atoms with Crippen molar-refractivity contribution in [3.05, 3.63) is 96.6 Å². The van der Waals surface area contributed by atoms with E-state index in [0.29, 0.717) is 6.42 Å². The minimum absolute atomic E-state index is 0.0642. The molecule has 2 nitrogen and oxygen atoms in total. The Labute approximate surface area is 182 Å². The standard InChI is InChI=1S/C27H32O2Si/c1-22(12-11-21-28)23-17-19-24(20-18-23)29-30(27(2,3)4,25-13-7-5-8-14-25)26-15-9-6-10-16-26/h5-10,12-20,28H,11,21H2,1-4H3. The van der Waals surface area contributed by atoms with Crippen LogP contribution in [0, 0.1) is 0 Å². The third-order valence-corrected chi connectivity index (χ3v) is 10.5. The maximum absolute atomic E-state index is 9.07. The van der Waals surface area contributed by atoms with E-state index in [4.69, 9.17) is 9.53 Å². The second-order valence-electron chi connectivity index (χ2n) is 8.69. The Morgan fingerprint density at radius 1 is 0.833 bits per heavy atom. The highest BCUT2D eigenvalue weighted by molar-refractivity contribution is 7.00. The van der Waals surface area contributed by atoms with E-state index in [1.54, 1.807) is 0 Å². The summed E-state index contributed by atoms with van der Waals surface area (Å²) < 4.78 is 7.03. The van der Waals surface area contributed by atoms with Crippen LogP contribution in [-0.2, 0) is 0 Å². The van der Waals surface area contributed by atoms with Gasteiger partial charge in [0.15, 0.2) is 0 Å². The average molecular weight is 417 g/mol. The minimum atomic E-state index is -2.60. The number of hydrogen-bond acceptors (Lipinski definition) is 2. The van der Waals surface area contributed by atoms with Crippen LogP contribution >= 0.6 is 0 Å². The first-order chi connectivity index (χ1) is 14.4. The number of aliphatic hydroxyl groups excluding tert-OH is 1. The molecule has 0 aliphatic rings. The predicted octanol–water partition coefficient (Wildman–Crippen LogP) is 5.41. The second kappa shape index (κ2) is 9.46. The molecule has 3 heteroatoms. The average Bonchev–Trinajstić information content (AvgIpc) is 2.76. The molecule has 0 amide bonds. The SMILES string of the molecule is CC(=CCCO)c1ccc(O[Si](c2ccccc2)(c2ccccc2)C(C)(C)C)cc1. The monoisotopic (exact) mass is 416 g/mol. The molecule has 0 atom stereocenters. The van der Waals surface area contributed by atoms with Crippen LogP contribution in [0.25, 0.3) is 5.57 Å². The summed E-state index contributed by atoms with van der Waals surface area (Å²) in [5.41, 5.74) is 2.32. The van der Waals surface area contributed by atoms with Gasteiger partial charge in [0.25, 0.3) is 0 Å². The molecular formula is C27H32O2Si. The van der Waals surface area contributed by atoms with Crippen LogP contribution in [0.2, 0.25) is 5.04 Å². The van der Waals surface area contributed by atoms with Gasteiger partial charge >= 0.3 is 8.32 Å². The van der Waals surface area contributed by atoms with Gasteiger partial charge in [-0.3, -0.25) is 0 Å². The molecule has 0 radical (unpaired) electrons. The van der Waals surface area contributed by atoms with Crippen LogP contribution in [0.4, 0.5) is 0 Å². The normalized spacial score (nSPS) is 12.6. The maximum atomic E-state index is 9.07. The quantitative estimate of drug-likeness (QED) is 0.522. The van der Waals surface area contributed by atoms with Crippen molar-refractivity contribution in [3.63, 3.8) is 0 Å². The first-order valence-electron chi connectivity index (χ1n) is 10.6. The zero-order valence-electron chi connectivity index (χ0n) is 18.4. The fourth-order valence-corrected chi connectivity index (χ4v) is 8.43. The van der Waals surface area contributed by atoms with Gasteiger partial charge in [0.05, 0.1) is 0 Å². The van der Waals surface area contributed by atoms with Gasteiger partial charge in [-0.2, -0.15) is 0 Å². The van der Waals surface area contributed by atoms with E-state index in [1.807, 2.05) is 0 Å². The van der Waals surface area contributed by atoms with Crippen molar-refractivity contribution >= 4 is 24.3 Å². The lowest BCUT2D eigenvalue weighted by atomic mass is 10.1. The Balaban J connectivity index is 2.08. The highest BCUT2D eigenvalue weighted by Gasteiger charge is 2.52. The van der Waals surface area contributed by atoms with Crippen LogP contribution in [0.1, 0.15) is 39.7 Å². The molecule has 30 heavy (non-hydrogen) atoms. The molecule has 0 unspecified atom stereocenters. The van der Waals surface area contributed by atoms with Crippen LogP contribution in [0.5, 0.6) is 5.75 Å². The highest BCUT2D eigenvalue weighted by Crippen LogP contribution is 2.37. The van der Waals surface area contributed by atoms with Crippen LogP contribution < -0.4 is 14.8 Å². The van der Waals surface area contributed by atoms with Gasteiger partial charge in [-0.25, -0.2) is 0 Å². The lowest BCUT2D eigenvalue weighted by molar-refractivity contribution is 0.303.